The highest BCUT2D eigenvalue weighted by Crippen LogP contribution is 2.11. The SMILES string of the molecule is CCc1c(C)cc(C(=O)N2CCOC[C@H](O)C2)c(=O)n1C. The molecule has 2 rings (SSSR count). The molecule has 1 atom stereocenters. The first kappa shape index (κ1) is 15.7. The first-order chi connectivity index (χ1) is 9.95. The molecule has 0 unspecified atom stereocenters. The van der Waals surface area contributed by atoms with E-state index in [4.69, 9.17) is 4.74 Å². The summed E-state index contributed by atoms with van der Waals surface area (Å²) >= 11 is 0. The topological polar surface area (TPSA) is 71.8 Å². The molecule has 1 amide bonds. The molecular weight excluding hydrogens is 272 g/mol. The largest absolute Gasteiger partial charge is 0.389 e. The lowest BCUT2D eigenvalue weighted by molar-refractivity contribution is 0.0533. The Morgan fingerprint density at radius 2 is 2.24 bits per heavy atom. The van der Waals surface area contributed by atoms with E-state index < -0.39 is 6.10 Å². The number of rotatable bonds is 2. The summed E-state index contributed by atoms with van der Waals surface area (Å²) in [6, 6.07) is 1.65. The van der Waals surface area contributed by atoms with E-state index in [0.717, 1.165) is 17.7 Å². The second-order valence-electron chi connectivity index (χ2n) is 5.39. The van der Waals surface area contributed by atoms with Crippen molar-refractivity contribution in [1.82, 2.24) is 9.47 Å². The number of aryl methyl sites for hydroxylation is 1. The Kier molecular flexibility index (Phi) is 4.80. The highest BCUT2D eigenvalue weighted by Gasteiger charge is 2.25. The third-order valence-corrected chi connectivity index (χ3v) is 3.86. The second-order valence-corrected chi connectivity index (χ2v) is 5.39. The lowest BCUT2D eigenvalue weighted by atomic mass is 10.1. The van der Waals surface area contributed by atoms with Crippen molar-refractivity contribution in [2.24, 2.45) is 7.05 Å². The van der Waals surface area contributed by atoms with Crippen LogP contribution in [0.1, 0.15) is 28.5 Å². The Bertz CT molecular complexity index is 594. The van der Waals surface area contributed by atoms with Crippen LogP contribution < -0.4 is 5.56 Å². The molecule has 1 aliphatic rings. The molecule has 6 nitrogen and oxygen atoms in total. The van der Waals surface area contributed by atoms with Gasteiger partial charge in [0, 0.05) is 25.8 Å². The maximum absolute atomic E-state index is 12.6. The van der Waals surface area contributed by atoms with Crippen LogP contribution in [-0.4, -0.2) is 52.9 Å². The van der Waals surface area contributed by atoms with Gasteiger partial charge in [0.05, 0.1) is 19.3 Å². The smallest absolute Gasteiger partial charge is 0.263 e. The van der Waals surface area contributed by atoms with Crippen LogP contribution in [0.25, 0.3) is 0 Å². The summed E-state index contributed by atoms with van der Waals surface area (Å²) in [6.45, 7) is 5.04. The predicted molar refractivity (Wildman–Crippen MR) is 78.5 cm³/mol. The molecule has 1 fully saturated rings. The van der Waals surface area contributed by atoms with Crippen LogP contribution in [0.2, 0.25) is 0 Å². The Balaban J connectivity index is 2.37. The van der Waals surface area contributed by atoms with E-state index in [2.05, 4.69) is 0 Å². The minimum Gasteiger partial charge on any atom is -0.389 e. The van der Waals surface area contributed by atoms with Gasteiger partial charge in [-0.15, -0.1) is 0 Å². The Morgan fingerprint density at radius 3 is 2.90 bits per heavy atom. The van der Waals surface area contributed by atoms with Crippen molar-refractivity contribution in [3.8, 4) is 0 Å². The molecule has 0 saturated carbocycles. The molecule has 0 radical (unpaired) electrons. The number of β-amino-alcohol motifs (C(OH)–C–C–N with tert-alkyl or cyclic N) is 1. The van der Waals surface area contributed by atoms with E-state index in [1.807, 2.05) is 13.8 Å². The van der Waals surface area contributed by atoms with Crippen molar-refractivity contribution in [3.05, 3.63) is 33.2 Å². The number of aliphatic hydroxyl groups is 1. The lowest BCUT2D eigenvalue weighted by Crippen LogP contribution is -2.41. The van der Waals surface area contributed by atoms with Crippen LogP contribution >= 0.6 is 0 Å². The normalized spacial score (nSPS) is 19.4. The summed E-state index contributed by atoms with van der Waals surface area (Å²) in [7, 11) is 1.69. The van der Waals surface area contributed by atoms with E-state index in [-0.39, 0.29) is 30.2 Å². The minimum absolute atomic E-state index is 0.154. The summed E-state index contributed by atoms with van der Waals surface area (Å²) in [4.78, 5) is 26.4. The highest BCUT2D eigenvalue weighted by molar-refractivity contribution is 5.94. The molecule has 0 bridgehead atoms. The van der Waals surface area contributed by atoms with E-state index >= 15 is 0 Å². The molecule has 0 spiro atoms. The van der Waals surface area contributed by atoms with E-state index in [1.165, 1.54) is 9.47 Å². The zero-order valence-corrected chi connectivity index (χ0v) is 12.8. The highest BCUT2D eigenvalue weighted by atomic mass is 16.5. The van der Waals surface area contributed by atoms with Gasteiger partial charge in [-0.3, -0.25) is 9.59 Å². The van der Waals surface area contributed by atoms with Crippen molar-refractivity contribution in [2.75, 3.05) is 26.3 Å². The molecule has 1 N–H and O–H groups in total. The summed E-state index contributed by atoms with van der Waals surface area (Å²) in [5.41, 5.74) is 1.72. The molecule has 0 aliphatic carbocycles. The van der Waals surface area contributed by atoms with Gasteiger partial charge in [-0.25, -0.2) is 0 Å². The fraction of sp³-hybridized carbons (Fsp3) is 0.600. The van der Waals surface area contributed by atoms with E-state index in [9.17, 15) is 14.7 Å². The number of carbonyl (C=O) groups is 1. The number of ether oxygens (including phenoxy) is 1. The van der Waals surface area contributed by atoms with Crippen LogP contribution in [-0.2, 0) is 18.2 Å². The van der Waals surface area contributed by atoms with Crippen LogP contribution in [0.5, 0.6) is 0 Å². The van der Waals surface area contributed by atoms with Crippen molar-refractivity contribution in [3.63, 3.8) is 0 Å². The number of pyridine rings is 1. The van der Waals surface area contributed by atoms with Crippen LogP contribution in [0.15, 0.2) is 10.9 Å². The maximum Gasteiger partial charge on any atom is 0.263 e. The molecule has 1 aliphatic heterocycles. The van der Waals surface area contributed by atoms with Crippen LogP contribution in [0.3, 0.4) is 0 Å². The monoisotopic (exact) mass is 294 g/mol. The number of aromatic nitrogens is 1. The molecule has 1 aromatic rings. The van der Waals surface area contributed by atoms with Crippen molar-refractivity contribution in [1.29, 1.82) is 0 Å². The van der Waals surface area contributed by atoms with Gasteiger partial charge in [0.2, 0.25) is 0 Å². The van der Waals surface area contributed by atoms with Gasteiger partial charge < -0.3 is 19.3 Å². The third-order valence-electron chi connectivity index (χ3n) is 3.86. The first-order valence-electron chi connectivity index (χ1n) is 7.20. The van der Waals surface area contributed by atoms with E-state index in [1.54, 1.807) is 13.1 Å². The quantitative estimate of drug-likeness (QED) is 0.839. The Morgan fingerprint density at radius 1 is 1.52 bits per heavy atom. The summed E-state index contributed by atoms with van der Waals surface area (Å²) in [5, 5.41) is 9.71. The predicted octanol–water partition coefficient (Wildman–Crippen LogP) is 0.0894. The number of nitrogens with zero attached hydrogens (tertiary/aromatic N) is 2. The standard InChI is InChI=1S/C15H22N2O4/c1-4-13-10(2)7-12(14(19)16(13)3)15(20)17-5-6-21-9-11(18)8-17/h7,11,18H,4-6,8-9H2,1-3H3/t11-/m1/s1. The fourth-order valence-corrected chi connectivity index (χ4v) is 2.75. The molecule has 0 aromatic carbocycles. The van der Waals surface area contributed by atoms with E-state index in [0.29, 0.717) is 13.2 Å². The molecule has 2 heterocycles. The number of amides is 1. The van der Waals surface area contributed by atoms with Crippen molar-refractivity contribution < 1.29 is 14.6 Å². The molecule has 1 saturated heterocycles. The summed E-state index contributed by atoms with van der Waals surface area (Å²) in [6.07, 6.45) is 0.0267. The third kappa shape index (κ3) is 3.16. The minimum atomic E-state index is -0.712. The summed E-state index contributed by atoms with van der Waals surface area (Å²) in [5.74, 6) is -0.342. The molecule has 1 aromatic heterocycles. The summed E-state index contributed by atoms with van der Waals surface area (Å²) < 4.78 is 6.75. The molecule has 6 heteroatoms. The Labute approximate surface area is 123 Å². The van der Waals surface area contributed by atoms with Gasteiger partial charge in [0.1, 0.15) is 5.56 Å². The fourth-order valence-electron chi connectivity index (χ4n) is 2.75. The van der Waals surface area contributed by atoms with Gasteiger partial charge >= 0.3 is 0 Å². The number of hydrogen-bond acceptors (Lipinski definition) is 4. The Hall–Kier alpha value is -1.66. The van der Waals surface area contributed by atoms with Crippen LogP contribution in [0, 0.1) is 6.92 Å². The molecule has 21 heavy (non-hydrogen) atoms. The van der Waals surface area contributed by atoms with Crippen LogP contribution in [0.4, 0.5) is 0 Å². The zero-order chi connectivity index (χ0) is 15.6. The van der Waals surface area contributed by atoms with Gasteiger partial charge in [-0.1, -0.05) is 6.92 Å². The average Bonchev–Trinajstić information content (AvgIpc) is 2.67. The second kappa shape index (κ2) is 6.41. The lowest BCUT2D eigenvalue weighted by Gasteiger charge is -2.22. The number of aliphatic hydroxyl groups excluding tert-OH is 1. The average molecular weight is 294 g/mol. The van der Waals surface area contributed by atoms with Crippen molar-refractivity contribution in [2.45, 2.75) is 26.4 Å². The van der Waals surface area contributed by atoms with Gasteiger partial charge in [-0.2, -0.15) is 0 Å². The van der Waals surface area contributed by atoms with Gasteiger partial charge in [-0.05, 0) is 25.0 Å². The van der Waals surface area contributed by atoms with Gasteiger partial charge in [0.25, 0.3) is 11.5 Å². The number of carbonyl (C=O) groups excluding carboxylic acids is 1. The maximum atomic E-state index is 12.6. The first-order valence-corrected chi connectivity index (χ1v) is 7.20. The zero-order valence-electron chi connectivity index (χ0n) is 12.8. The van der Waals surface area contributed by atoms with Crippen molar-refractivity contribution >= 4 is 5.91 Å². The number of hydrogen-bond donors (Lipinski definition) is 1. The molecular formula is C15H22N2O4. The molecule has 116 valence electrons. The van der Waals surface area contributed by atoms with Gasteiger partial charge in [0.15, 0.2) is 0 Å².